The molecular weight excluding hydrogens is 188 g/mol. The Morgan fingerprint density at radius 1 is 1.40 bits per heavy atom. The molecule has 2 nitrogen and oxygen atoms in total. The Hall–Kier alpha value is -1.31. The van der Waals surface area contributed by atoms with Gasteiger partial charge in [-0.15, -0.1) is 0 Å². The van der Waals surface area contributed by atoms with Crippen LogP contribution in [0.15, 0.2) is 12.1 Å². The molecule has 0 bridgehead atoms. The van der Waals surface area contributed by atoms with Crippen molar-refractivity contribution in [3.63, 3.8) is 0 Å². The van der Waals surface area contributed by atoms with Crippen molar-refractivity contribution in [2.24, 2.45) is 0 Å². The number of Topliss-reactive ketones (excluding diaryl/α,β-unsaturated/α-hetero) is 1. The number of aromatic hydroxyl groups is 1. The number of phenolic OH excluding ortho intramolecular Hbond substituents is 1. The summed E-state index contributed by atoms with van der Waals surface area (Å²) in [5, 5.41) is 9.68. The van der Waals surface area contributed by atoms with E-state index in [4.69, 9.17) is 0 Å². The lowest BCUT2D eigenvalue weighted by atomic mass is 9.91. The minimum Gasteiger partial charge on any atom is -0.507 e. The van der Waals surface area contributed by atoms with Crippen LogP contribution >= 0.6 is 0 Å². The molecule has 0 aromatic heterocycles. The van der Waals surface area contributed by atoms with Crippen molar-refractivity contribution in [2.45, 2.75) is 40.0 Å². The topological polar surface area (TPSA) is 37.3 Å². The van der Waals surface area contributed by atoms with Gasteiger partial charge in [0.15, 0.2) is 5.78 Å². The molecule has 82 valence electrons. The van der Waals surface area contributed by atoms with Crippen LogP contribution in [-0.4, -0.2) is 10.9 Å². The van der Waals surface area contributed by atoms with Crippen LogP contribution in [-0.2, 0) is 0 Å². The summed E-state index contributed by atoms with van der Waals surface area (Å²) in [4.78, 5) is 11.7. The zero-order valence-corrected chi connectivity index (χ0v) is 9.79. The second kappa shape index (κ2) is 4.47. The summed E-state index contributed by atoms with van der Waals surface area (Å²) in [7, 11) is 0. The van der Waals surface area contributed by atoms with E-state index in [1.54, 1.807) is 6.07 Å². The summed E-state index contributed by atoms with van der Waals surface area (Å²) < 4.78 is 0. The SMILES string of the molecule is CCC(=O)c1c(O)ccc(C(C)C)c1C. The number of hydrogen-bond acceptors (Lipinski definition) is 2. The predicted molar refractivity (Wildman–Crippen MR) is 61.6 cm³/mol. The van der Waals surface area contributed by atoms with E-state index >= 15 is 0 Å². The van der Waals surface area contributed by atoms with Crippen molar-refractivity contribution in [1.29, 1.82) is 0 Å². The standard InChI is InChI=1S/C13H18O2/c1-5-11(14)13-9(4)10(8(2)3)6-7-12(13)15/h6-8,15H,5H2,1-4H3. The molecule has 0 fully saturated rings. The van der Waals surface area contributed by atoms with Gasteiger partial charge in [0, 0.05) is 6.42 Å². The average molecular weight is 206 g/mol. The number of rotatable bonds is 3. The number of ketones is 1. The van der Waals surface area contributed by atoms with Gasteiger partial charge in [-0.3, -0.25) is 4.79 Å². The number of benzene rings is 1. The van der Waals surface area contributed by atoms with Crippen molar-refractivity contribution >= 4 is 5.78 Å². The largest absolute Gasteiger partial charge is 0.507 e. The molecule has 0 saturated heterocycles. The lowest BCUT2D eigenvalue weighted by molar-refractivity contribution is 0.0985. The zero-order valence-electron chi connectivity index (χ0n) is 9.79. The first-order chi connectivity index (χ1) is 6.99. The van der Waals surface area contributed by atoms with Gasteiger partial charge in [-0.1, -0.05) is 26.8 Å². The molecule has 0 spiro atoms. The van der Waals surface area contributed by atoms with Crippen LogP contribution in [0.5, 0.6) is 5.75 Å². The molecule has 1 N–H and O–H groups in total. The molecule has 0 heterocycles. The highest BCUT2D eigenvalue weighted by molar-refractivity contribution is 6.00. The summed E-state index contributed by atoms with van der Waals surface area (Å²) in [6.07, 6.45) is 0.427. The summed E-state index contributed by atoms with van der Waals surface area (Å²) in [6, 6.07) is 3.51. The summed E-state index contributed by atoms with van der Waals surface area (Å²) in [6.45, 7) is 7.88. The molecule has 0 aliphatic heterocycles. The van der Waals surface area contributed by atoms with Crippen LogP contribution in [0, 0.1) is 6.92 Å². The molecule has 0 atom stereocenters. The van der Waals surface area contributed by atoms with Crippen molar-refractivity contribution < 1.29 is 9.90 Å². The molecule has 0 amide bonds. The zero-order chi connectivity index (χ0) is 11.6. The molecule has 2 heteroatoms. The highest BCUT2D eigenvalue weighted by Crippen LogP contribution is 2.29. The fraction of sp³-hybridized carbons (Fsp3) is 0.462. The van der Waals surface area contributed by atoms with Crippen molar-refractivity contribution in [3.8, 4) is 5.75 Å². The van der Waals surface area contributed by atoms with Gasteiger partial charge in [-0.2, -0.15) is 0 Å². The highest BCUT2D eigenvalue weighted by atomic mass is 16.3. The van der Waals surface area contributed by atoms with Crippen LogP contribution in [0.4, 0.5) is 0 Å². The maximum atomic E-state index is 11.7. The molecule has 0 aliphatic rings. The Labute approximate surface area is 90.9 Å². The van der Waals surface area contributed by atoms with Gasteiger partial charge in [0.2, 0.25) is 0 Å². The Morgan fingerprint density at radius 2 is 2.00 bits per heavy atom. The molecule has 0 unspecified atom stereocenters. The van der Waals surface area contributed by atoms with E-state index in [2.05, 4.69) is 13.8 Å². The van der Waals surface area contributed by atoms with Crippen LogP contribution in [0.25, 0.3) is 0 Å². The third-order valence-corrected chi connectivity index (χ3v) is 2.71. The van der Waals surface area contributed by atoms with E-state index in [1.807, 2.05) is 19.9 Å². The second-order valence-corrected chi connectivity index (χ2v) is 4.11. The fourth-order valence-electron chi connectivity index (χ4n) is 1.87. The molecule has 1 aromatic carbocycles. The third-order valence-electron chi connectivity index (χ3n) is 2.71. The van der Waals surface area contributed by atoms with Gasteiger partial charge in [0.05, 0.1) is 5.56 Å². The van der Waals surface area contributed by atoms with Crippen LogP contribution in [0.2, 0.25) is 0 Å². The number of phenols is 1. The number of carbonyl (C=O) groups excluding carboxylic acids is 1. The van der Waals surface area contributed by atoms with E-state index in [1.165, 1.54) is 0 Å². The first-order valence-electron chi connectivity index (χ1n) is 5.34. The summed E-state index contributed by atoms with van der Waals surface area (Å²) >= 11 is 0. The average Bonchev–Trinajstić information content (AvgIpc) is 2.16. The normalized spacial score (nSPS) is 10.7. The number of hydrogen-bond donors (Lipinski definition) is 1. The predicted octanol–water partition coefficient (Wildman–Crippen LogP) is 3.42. The van der Waals surface area contributed by atoms with Crippen LogP contribution in [0.1, 0.15) is 54.6 Å². The van der Waals surface area contributed by atoms with Crippen LogP contribution < -0.4 is 0 Å². The van der Waals surface area contributed by atoms with Crippen LogP contribution in [0.3, 0.4) is 0 Å². The first kappa shape index (κ1) is 11.8. The van der Waals surface area contributed by atoms with Gasteiger partial charge in [-0.05, 0) is 30.0 Å². The minimum absolute atomic E-state index is 0.00694. The lowest BCUT2D eigenvalue weighted by Crippen LogP contribution is -2.04. The van der Waals surface area contributed by atoms with E-state index in [9.17, 15) is 9.90 Å². The first-order valence-corrected chi connectivity index (χ1v) is 5.34. The fourth-order valence-corrected chi connectivity index (χ4v) is 1.87. The summed E-state index contributed by atoms with van der Waals surface area (Å²) in [5.74, 6) is 0.477. The molecule has 0 saturated carbocycles. The Bertz CT molecular complexity index is 378. The van der Waals surface area contributed by atoms with E-state index in [0.717, 1.165) is 11.1 Å². The minimum atomic E-state index is 0.00694. The Morgan fingerprint density at radius 3 is 2.47 bits per heavy atom. The molecule has 1 aromatic rings. The van der Waals surface area contributed by atoms with E-state index < -0.39 is 0 Å². The molecule has 1 rings (SSSR count). The molecule has 0 aliphatic carbocycles. The van der Waals surface area contributed by atoms with Gasteiger partial charge < -0.3 is 5.11 Å². The monoisotopic (exact) mass is 206 g/mol. The van der Waals surface area contributed by atoms with Gasteiger partial charge in [0.25, 0.3) is 0 Å². The van der Waals surface area contributed by atoms with E-state index in [-0.39, 0.29) is 11.5 Å². The van der Waals surface area contributed by atoms with Crippen molar-refractivity contribution in [1.82, 2.24) is 0 Å². The number of carbonyl (C=O) groups is 1. The molecule has 15 heavy (non-hydrogen) atoms. The smallest absolute Gasteiger partial charge is 0.166 e. The second-order valence-electron chi connectivity index (χ2n) is 4.11. The highest BCUT2D eigenvalue weighted by Gasteiger charge is 2.16. The summed E-state index contributed by atoms with van der Waals surface area (Å²) in [5.41, 5.74) is 2.53. The van der Waals surface area contributed by atoms with Gasteiger partial charge in [0.1, 0.15) is 5.75 Å². The Balaban J connectivity index is 3.36. The Kier molecular flexibility index (Phi) is 3.51. The third kappa shape index (κ3) is 2.20. The van der Waals surface area contributed by atoms with Crippen molar-refractivity contribution in [2.75, 3.05) is 0 Å². The quantitative estimate of drug-likeness (QED) is 0.769. The lowest BCUT2D eigenvalue weighted by Gasteiger charge is -2.14. The van der Waals surface area contributed by atoms with Gasteiger partial charge in [-0.25, -0.2) is 0 Å². The molecular formula is C13H18O2. The van der Waals surface area contributed by atoms with E-state index in [0.29, 0.717) is 17.9 Å². The molecule has 0 radical (unpaired) electrons. The maximum Gasteiger partial charge on any atom is 0.166 e. The van der Waals surface area contributed by atoms with Crippen molar-refractivity contribution in [3.05, 3.63) is 28.8 Å². The van der Waals surface area contributed by atoms with Gasteiger partial charge >= 0.3 is 0 Å². The maximum absolute atomic E-state index is 11.7.